The van der Waals surface area contributed by atoms with Crippen molar-refractivity contribution in [3.8, 4) is 22.6 Å². The molecule has 4 rings (SSSR count). The second-order valence-corrected chi connectivity index (χ2v) is 4.78. The second-order valence-electron chi connectivity index (χ2n) is 4.37. The molecule has 0 aliphatic carbocycles. The Kier molecular flexibility index (Phi) is 1.94. The first-order valence-corrected chi connectivity index (χ1v) is 6.21. The molecule has 0 amide bonds. The van der Waals surface area contributed by atoms with E-state index < -0.39 is 0 Å². The first-order valence-electron chi connectivity index (χ1n) is 5.83. The normalized spacial score (nSPS) is 12.1. The maximum atomic E-state index is 6.31. The molecule has 3 aromatic rings. The molecule has 1 nitrogen and oxygen atoms in total. The van der Waals surface area contributed by atoms with E-state index in [-0.39, 0.29) is 0 Å². The average Bonchev–Trinajstić information content (AvgIpc) is 2.39. The third-order valence-corrected chi connectivity index (χ3v) is 3.65. The van der Waals surface area contributed by atoms with Crippen molar-refractivity contribution < 1.29 is 4.74 Å². The molecular weight excluding hydrogens is 244 g/mol. The Hall–Kier alpha value is -1.99. The highest BCUT2D eigenvalue weighted by atomic mass is 35.5. The van der Waals surface area contributed by atoms with Gasteiger partial charge in [-0.25, -0.2) is 0 Å². The molecule has 0 radical (unpaired) electrons. The molecule has 0 bridgehead atoms. The number of rotatable bonds is 0. The highest BCUT2D eigenvalue weighted by Gasteiger charge is 2.21. The van der Waals surface area contributed by atoms with E-state index in [1.807, 2.05) is 30.3 Å². The number of fused-ring (bicyclic) bond motifs is 2. The predicted molar refractivity (Wildman–Crippen MR) is 74.5 cm³/mol. The van der Waals surface area contributed by atoms with Crippen LogP contribution < -0.4 is 4.74 Å². The van der Waals surface area contributed by atoms with Crippen LogP contribution in [0.1, 0.15) is 0 Å². The SMILES string of the molecule is Clc1cccc2c1-c1cccc3cccc(c13)O2. The van der Waals surface area contributed by atoms with Crippen LogP contribution in [-0.2, 0) is 0 Å². The molecule has 1 heterocycles. The number of ether oxygens (including phenoxy) is 1. The summed E-state index contributed by atoms with van der Waals surface area (Å²) in [6.07, 6.45) is 0. The van der Waals surface area contributed by atoms with Crippen molar-refractivity contribution in [3.63, 3.8) is 0 Å². The van der Waals surface area contributed by atoms with Crippen molar-refractivity contribution in [1.82, 2.24) is 0 Å². The number of halogens is 1. The summed E-state index contributed by atoms with van der Waals surface area (Å²) in [5.41, 5.74) is 2.14. The first kappa shape index (κ1) is 9.98. The summed E-state index contributed by atoms with van der Waals surface area (Å²) < 4.78 is 5.95. The van der Waals surface area contributed by atoms with Gasteiger partial charge in [-0.3, -0.25) is 0 Å². The number of hydrogen-bond acceptors (Lipinski definition) is 1. The molecule has 0 saturated heterocycles. The van der Waals surface area contributed by atoms with Gasteiger partial charge in [-0.2, -0.15) is 0 Å². The van der Waals surface area contributed by atoms with E-state index in [0.717, 1.165) is 33.0 Å². The summed E-state index contributed by atoms with van der Waals surface area (Å²) in [4.78, 5) is 0. The zero-order valence-electron chi connectivity index (χ0n) is 9.48. The molecule has 0 fully saturated rings. The van der Waals surface area contributed by atoms with Gasteiger partial charge in [0.1, 0.15) is 11.5 Å². The smallest absolute Gasteiger partial charge is 0.136 e. The Labute approximate surface area is 110 Å². The van der Waals surface area contributed by atoms with Crippen LogP contribution in [0.25, 0.3) is 21.9 Å². The lowest BCUT2D eigenvalue weighted by atomic mass is 9.95. The van der Waals surface area contributed by atoms with Crippen molar-refractivity contribution in [2.75, 3.05) is 0 Å². The van der Waals surface area contributed by atoms with Crippen molar-refractivity contribution in [2.45, 2.75) is 0 Å². The zero-order chi connectivity index (χ0) is 12.1. The molecule has 1 aliphatic rings. The Bertz CT molecular complexity index is 772. The van der Waals surface area contributed by atoms with Crippen LogP contribution in [0.5, 0.6) is 11.5 Å². The minimum atomic E-state index is 0.731. The molecule has 1 aliphatic heterocycles. The van der Waals surface area contributed by atoms with Crippen molar-refractivity contribution in [1.29, 1.82) is 0 Å². The molecular formula is C16H9ClO. The van der Waals surface area contributed by atoms with Gasteiger partial charge in [0.15, 0.2) is 0 Å². The van der Waals surface area contributed by atoms with Gasteiger partial charge in [0.2, 0.25) is 0 Å². The quantitative estimate of drug-likeness (QED) is 0.414. The largest absolute Gasteiger partial charge is 0.456 e. The molecule has 0 atom stereocenters. The van der Waals surface area contributed by atoms with Crippen LogP contribution >= 0.6 is 11.6 Å². The minimum absolute atomic E-state index is 0.731. The second kappa shape index (κ2) is 3.50. The van der Waals surface area contributed by atoms with Gasteiger partial charge < -0.3 is 4.74 Å². The van der Waals surface area contributed by atoms with Crippen LogP contribution in [0.4, 0.5) is 0 Å². The summed E-state index contributed by atoms with van der Waals surface area (Å²) in [5.74, 6) is 1.73. The van der Waals surface area contributed by atoms with Gasteiger partial charge in [-0.15, -0.1) is 0 Å². The van der Waals surface area contributed by atoms with Gasteiger partial charge in [0, 0.05) is 10.9 Å². The Morgan fingerprint density at radius 3 is 2.39 bits per heavy atom. The molecule has 0 saturated carbocycles. The van der Waals surface area contributed by atoms with Gasteiger partial charge in [-0.05, 0) is 29.1 Å². The van der Waals surface area contributed by atoms with Crippen molar-refractivity contribution in [3.05, 3.63) is 59.6 Å². The molecule has 0 spiro atoms. The van der Waals surface area contributed by atoms with Gasteiger partial charge in [0.25, 0.3) is 0 Å². The summed E-state index contributed by atoms with van der Waals surface area (Å²) in [6.45, 7) is 0. The van der Waals surface area contributed by atoms with Gasteiger partial charge in [-0.1, -0.05) is 48.0 Å². The minimum Gasteiger partial charge on any atom is -0.456 e. The van der Waals surface area contributed by atoms with Crippen LogP contribution in [0.3, 0.4) is 0 Å². The highest BCUT2D eigenvalue weighted by Crippen LogP contribution is 2.48. The van der Waals surface area contributed by atoms with Crippen LogP contribution in [0.15, 0.2) is 54.6 Å². The fraction of sp³-hybridized carbons (Fsp3) is 0. The van der Waals surface area contributed by atoms with E-state index in [4.69, 9.17) is 16.3 Å². The molecule has 86 valence electrons. The number of hydrogen-bond donors (Lipinski definition) is 0. The maximum Gasteiger partial charge on any atom is 0.136 e. The van der Waals surface area contributed by atoms with Crippen LogP contribution in [0, 0.1) is 0 Å². The lowest BCUT2D eigenvalue weighted by molar-refractivity contribution is 0.487. The first-order chi connectivity index (χ1) is 8.84. The van der Waals surface area contributed by atoms with E-state index in [9.17, 15) is 0 Å². The van der Waals surface area contributed by atoms with E-state index in [1.165, 1.54) is 5.39 Å². The topological polar surface area (TPSA) is 9.23 Å². The molecule has 0 unspecified atom stereocenters. The third kappa shape index (κ3) is 1.22. The van der Waals surface area contributed by atoms with E-state index in [2.05, 4.69) is 24.3 Å². The molecule has 0 aromatic heterocycles. The standard InChI is InChI=1S/C16H9ClO/c17-12-7-3-9-14-16(12)11-6-1-4-10-5-2-8-13(18-14)15(10)11/h1-9H. The third-order valence-electron chi connectivity index (χ3n) is 3.33. The molecule has 0 N–H and O–H groups in total. The Morgan fingerprint density at radius 2 is 1.50 bits per heavy atom. The van der Waals surface area contributed by atoms with Crippen molar-refractivity contribution in [2.24, 2.45) is 0 Å². The fourth-order valence-electron chi connectivity index (χ4n) is 2.57. The zero-order valence-corrected chi connectivity index (χ0v) is 10.2. The predicted octanol–water partition coefficient (Wildman–Crippen LogP) is 5.27. The Balaban J connectivity index is 2.22. The lowest BCUT2D eigenvalue weighted by Crippen LogP contribution is -1.97. The van der Waals surface area contributed by atoms with Crippen molar-refractivity contribution >= 4 is 22.4 Å². The summed E-state index contributed by atoms with van der Waals surface area (Å²) in [5, 5.41) is 3.05. The van der Waals surface area contributed by atoms with E-state index in [1.54, 1.807) is 0 Å². The van der Waals surface area contributed by atoms with E-state index >= 15 is 0 Å². The van der Waals surface area contributed by atoms with E-state index in [0.29, 0.717) is 0 Å². The summed E-state index contributed by atoms with van der Waals surface area (Å²) in [7, 11) is 0. The van der Waals surface area contributed by atoms with Gasteiger partial charge >= 0.3 is 0 Å². The summed E-state index contributed by atoms with van der Waals surface area (Å²) >= 11 is 6.31. The summed E-state index contributed by atoms with van der Waals surface area (Å²) in [6, 6.07) is 18.1. The lowest BCUT2D eigenvalue weighted by Gasteiger charge is -2.21. The van der Waals surface area contributed by atoms with Crippen LogP contribution in [-0.4, -0.2) is 0 Å². The average molecular weight is 253 g/mol. The maximum absolute atomic E-state index is 6.31. The van der Waals surface area contributed by atoms with Crippen LogP contribution in [0.2, 0.25) is 5.02 Å². The molecule has 2 heteroatoms. The fourth-order valence-corrected chi connectivity index (χ4v) is 2.84. The highest BCUT2D eigenvalue weighted by molar-refractivity contribution is 6.34. The number of benzene rings is 3. The molecule has 3 aromatic carbocycles. The van der Waals surface area contributed by atoms with Gasteiger partial charge in [0.05, 0.1) is 5.02 Å². The molecule has 18 heavy (non-hydrogen) atoms. The Morgan fingerprint density at radius 1 is 0.778 bits per heavy atom. The monoisotopic (exact) mass is 252 g/mol.